The molecular weight excluding hydrogens is 344 g/mol. The summed E-state index contributed by atoms with van der Waals surface area (Å²) in [6.45, 7) is 16.9. The molecule has 0 N–H and O–H groups in total. The van der Waals surface area contributed by atoms with Gasteiger partial charge in [-0.15, -0.1) is 0 Å². The second-order valence-corrected chi connectivity index (χ2v) is 11.0. The molecule has 2 aliphatic rings. The molecule has 2 nitrogen and oxygen atoms in total. The fourth-order valence-corrected chi connectivity index (χ4v) is 5.54. The Labute approximate surface area is 173 Å². The predicted octanol–water partition coefficient (Wildman–Crippen LogP) is 7.52. The van der Waals surface area contributed by atoms with Crippen LogP contribution >= 0.6 is 0 Å². The molecule has 1 aromatic carbocycles. The Hall–Kier alpha value is -1.02. The Morgan fingerprint density at radius 2 is 1.79 bits per heavy atom. The van der Waals surface area contributed by atoms with Crippen LogP contribution < -0.4 is 4.74 Å². The maximum Gasteiger partial charge on any atom is 0.196 e. The normalized spacial score (nSPS) is 23.0. The first-order valence-electron chi connectivity index (χ1n) is 11.5. The zero-order valence-corrected chi connectivity index (χ0v) is 19.4. The summed E-state index contributed by atoms with van der Waals surface area (Å²) in [5, 5.41) is 0. The lowest BCUT2D eigenvalue weighted by Gasteiger charge is -2.50. The van der Waals surface area contributed by atoms with Crippen LogP contribution in [-0.4, -0.2) is 12.9 Å². The number of rotatable bonds is 7. The standard InChI is InChI=1S/C26H42O2/c1-18-23(28-19(2)27-16-15-20-11-9-8-10-12-20)14-13-21-22(17-25(3,4)5)26(6,7)24(18)21/h13-14,19-20,22H,8-12,15-17H2,1-7H3. The number of ether oxygens (including phenoxy) is 2. The zero-order chi connectivity index (χ0) is 20.5. The maximum atomic E-state index is 6.21. The third-order valence-corrected chi connectivity index (χ3v) is 7.05. The van der Waals surface area contributed by atoms with Gasteiger partial charge in [0.25, 0.3) is 0 Å². The monoisotopic (exact) mass is 386 g/mol. The molecule has 2 aliphatic carbocycles. The highest BCUT2D eigenvalue weighted by Gasteiger charge is 2.47. The van der Waals surface area contributed by atoms with Crippen LogP contribution in [0.25, 0.3) is 0 Å². The summed E-state index contributed by atoms with van der Waals surface area (Å²) in [5.74, 6) is 2.49. The van der Waals surface area contributed by atoms with Crippen LogP contribution in [0.4, 0.5) is 0 Å². The van der Waals surface area contributed by atoms with Crippen LogP contribution in [0, 0.1) is 18.3 Å². The van der Waals surface area contributed by atoms with E-state index in [1.807, 2.05) is 6.92 Å². The van der Waals surface area contributed by atoms with Gasteiger partial charge in [-0.3, -0.25) is 0 Å². The van der Waals surface area contributed by atoms with Gasteiger partial charge in [0.2, 0.25) is 0 Å². The molecule has 0 heterocycles. The number of benzene rings is 1. The molecule has 0 radical (unpaired) electrons. The van der Waals surface area contributed by atoms with Crippen molar-refractivity contribution in [1.82, 2.24) is 0 Å². The number of fused-ring (bicyclic) bond motifs is 1. The highest BCUT2D eigenvalue weighted by Crippen LogP contribution is 2.57. The van der Waals surface area contributed by atoms with Crippen molar-refractivity contribution in [1.29, 1.82) is 0 Å². The van der Waals surface area contributed by atoms with Crippen LogP contribution in [0.5, 0.6) is 5.75 Å². The Kier molecular flexibility index (Phi) is 6.49. The molecule has 0 spiro atoms. The van der Waals surface area contributed by atoms with E-state index in [1.54, 1.807) is 0 Å². The highest BCUT2D eigenvalue weighted by atomic mass is 16.7. The second kappa shape index (κ2) is 8.38. The van der Waals surface area contributed by atoms with Gasteiger partial charge in [0.05, 0.1) is 6.61 Å². The average molecular weight is 387 g/mol. The van der Waals surface area contributed by atoms with Gasteiger partial charge in [-0.1, -0.05) is 72.8 Å². The van der Waals surface area contributed by atoms with Crippen LogP contribution in [0.2, 0.25) is 0 Å². The van der Waals surface area contributed by atoms with Crippen molar-refractivity contribution in [2.24, 2.45) is 11.3 Å². The van der Waals surface area contributed by atoms with Gasteiger partial charge in [0.15, 0.2) is 6.29 Å². The lowest BCUT2D eigenvalue weighted by atomic mass is 9.54. The van der Waals surface area contributed by atoms with Gasteiger partial charge in [-0.05, 0) is 72.1 Å². The summed E-state index contributed by atoms with van der Waals surface area (Å²) in [5.41, 5.74) is 4.89. The minimum atomic E-state index is -0.186. The maximum absolute atomic E-state index is 6.21. The molecule has 2 unspecified atom stereocenters. The van der Waals surface area contributed by atoms with Crippen molar-refractivity contribution in [2.45, 2.75) is 111 Å². The van der Waals surface area contributed by atoms with E-state index >= 15 is 0 Å². The van der Waals surface area contributed by atoms with Crippen molar-refractivity contribution in [3.05, 3.63) is 28.8 Å². The lowest BCUT2D eigenvalue weighted by molar-refractivity contribution is -0.0715. The van der Waals surface area contributed by atoms with E-state index in [-0.39, 0.29) is 11.7 Å². The number of hydrogen-bond acceptors (Lipinski definition) is 2. The molecule has 1 fully saturated rings. The van der Waals surface area contributed by atoms with Gasteiger partial charge in [0.1, 0.15) is 5.75 Å². The first-order valence-corrected chi connectivity index (χ1v) is 11.5. The van der Waals surface area contributed by atoms with E-state index in [2.05, 4.69) is 53.7 Å². The zero-order valence-electron chi connectivity index (χ0n) is 19.4. The number of hydrogen-bond donors (Lipinski definition) is 0. The summed E-state index contributed by atoms with van der Waals surface area (Å²) >= 11 is 0. The fraction of sp³-hybridized carbons (Fsp3) is 0.769. The van der Waals surface area contributed by atoms with E-state index in [4.69, 9.17) is 9.47 Å². The van der Waals surface area contributed by atoms with Crippen LogP contribution in [0.15, 0.2) is 12.1 Å². The minimum Gasteiger partial charge on any atom is -0.465 e. The molecule has 28 heavy (non-hydrogen) atoms. The van der Waals surface area contributed by atoms with Gasteiger partial charge in [-0.25, -0.2) is 0 Å². The molecule has 1 aromatic rings. The Balaban J connectivity index is 1.59. The van der Waals surface area contributed by atoms with Gasteiger partial charge in [-0.2, -0.15) is 0 Å². The predicted molar refractivity (Wildman–Crippen MR) is 118 cm³/mol. The third-order valence-electron chi connectivity index (χ3n) is 7.05. The van der Waals surface area contributed by atoms with E-state index in [0.717, 1.165) is 18.3 Å². The SMILES string of the molecule is Cc1c(OC(C)OCCC2CCCCC2)ccc2c1C(C)(C)C2CC(C)(C)C. The Morgan fingerprint density at radius 3 is 2.43 bits per heavy atom. The van der Waals surface area contributed by atoms with Crippen molar-refractivity contribution in [3.8, 4) is 5.75 Å². The largest absolute Gasteiger partial charge is 0.465 e. The summed E-state index contributed by atoms with van der Waals surface area (Å²) < 4.78 is 12.2. The fourth-order valence-electron chi connectivity index (χ4n) is 5.54. The van der Waals surface area contributed by atoms with Crippen molar-refractivity contribution in [2.75, 3.05) is 6.61 Å². The molecule has 158 valence electrons. The van der Waals surface area contributed by atoms with Crippen LogP contribution in [-0.2, 0) is 10.2 Å². The molecule has 0 aromatic heterocycles. The topological polar surface area (TPSA) is 18.5 Å². The Bertz CT molecular complexity index is 662. The molecule has 0 aliphatic heterocycles. The smallest absolute Gasteiger partial charge is 0.196 e. The molecule has 1 saturated carbocycles. The molecule has 0 amide bonds. The van der Waals surface area contributed by atoms with Crippen LogP contribution in [0.1, 0.15) is 109 Å². The molecule has 0 bridgehead atoms. The Morgan fingerprint density at radius 1 is 1.11 bits per heavy atom. The third kappa shape index (κ3) is 4.75. The minimum absolute atomic E-state index is 0.186. The first kappa shape index (κ1) is 21.7. The van der Waals surface area contributed by atoms with Crippen molar-refractivity contribution in [3.63, 3.8) is 0 Å². The average Bonchev–Trinajstić information content (AvgIpc) is 2.61. The first-order chi connectivity index (χ1) is 13.1. The molecule has 3 rings (SSSR count). The van der Waals surface area contributed by atoms with E-state index in [1.165, 1.54) is 61.6 Å². The summed E-state index contributed by atoms with van der Waals surface area (Å²) in [4.78, 5) is 0. The summed E-state index contributed by atoms with van der Waals surface area (Å²) in [6, 6.07) is 4.47. The second-order valence-electron chi connectivity index (χ2n) is 11.0. The van der Waals surface area contributed by atoms with Crippen molar-refractivity contribution < 1.29 is 9.47 Å². The summed E-state index contributed by atoms with van der Waals surface area (Å²) in [6.07, 6.45) is 9.20. The van der Waals surface area contributed by atoms with Gasteiger partial charge < -0.3 is 9.47 Å². The van der Waals surface area contributed by atoms with E-state index in [0.29, 0.717) is 11.3 Å². The molecular formula is C26H42O2. The highest BCUT2D eigenvalue weighted by molar-refractivity contribution is 5.57. The van der Waals surface area contributed by atoms with Crippen molar-refractivity contribution >= 4 is 0 Å². The molecule has 0 saturated heterocycles. The lowest BCUT2D eigenvalue weighted by Crippen LogP contribution is -2.41. The van der Waals surface area contributed by atoms with Crippen LogP contribution in [0.3, 0.4) is 0 Å². The van der Waals surface area contributed by atoms with E-state index < -0.39 is 0 Å². The van der Waals surface area contributed by atoms with Gasteiger partial charge in [0, 0.05) is 0 Å². The van der Waals surface area contributed by atoms with Gasteiger partial charge >= 0.3 is 0 Å². The summed E-state index contributed by atoms with van der Waals surface area (Å²) in [7, 11) is 0. The molecule has 2 heteroatoms. The van der Waals surface area contributed by atoms with E-state index in [9.17, 15) is 0 Å². The molecule has 2 atom stereocenters. The quantitative estimate of drug-likeness (QED) is 0.451.